The first kappa shape index (κ1) is 24.8. The maximum absolute atomic E-state index is 13.3. The van der Waals surface area contributed by atoms with Gasteiger partial charge in [-0.25, -0.2) is 4.98 Å². The van der Waals surface area contributed by atoms with E-state index in [9.17, 15) is 27.6 Å². The number of rotatable bonds is 8. The van der Waals surface area contributed by atoms with Gasteiger partial charge >= 0.3 is 6.18 Å². The molecule has 11 heteroatoms. The number of aromatic nitrogens is 2. The molecule has 1 saturated heterocycles. The van der Waals surface area contributed by atoms with Crippen LogP contribution < -0.4 is 10.9 Å². The molecule has 0 spiro atoms. The Hall–Kier alpha value is -3.34. The van der Waals surface area contributed by atoms with Crippen molar-refractivity contribution in [1.82, 2.24) is 19.8 Å². The van der Waals surface area contributed by atoms with Gasteiger partial charge < -0.3 is 10.2 Å². The summed E-state index contributed by atoms with van der Waals surface area (Å²) in [6.07, 6.45) is -2.54. The maximum atomic E-state index is 13.3. The van der Waals surface area contributed by atoms with Gasteiger partial charge in [0, 0.05) is 26.1 Å². The molecule has 0 radical (unpaired) electrons. The molecule has 1 fully saturated rings. The fourth-order valence-electron chi connectivity index (χ4n) is 3.88. The maximum Gasteiger partial charge on any atom is 0.416 e. The molecule has 0 saturated carbocycles. The van der Waals surface area contributed by atoms with Gasteiger partial charge in [-0.05, 0) is 43.2 Å². The van der Waals surface area contributed by atoms with Crippen LogP contribution in [0.15, 0.2) is 58.5 Å². The Morgan fingerprint density at radius 1 is 1.11 bits per heavy atom. The third-order valence-electron chi connectivity index (χ3n) is 5.61. The number of fused-ring (bicyclic) bond motifs is 1. The first-order valence-electron chi connectivity index (χ1n) is 11.1. The average molecular weight is 505 g/mol. The topological polar surface area (TPSA) is 84.3 Å². The van der Waals surface area contributed by atoms with Gasteiger partial charge in [0.05, 0.1) is 27.9 Å². The molecule has 1 aliphatic rings. The standard InChI is InChI=1S/C24H23F3N4O3S/c25-24(26,27)16-6-3-7-17(14-16)31-22(34)18-8-1-2-9-19(18)29-23(31)35-15-20(32)28-11-5-13-30-12-4-10-21(30)33/h1-3,6-9,14H,4-5,10-13,15H2,(H,28,32). The van der Waals surface area contributed by atoms with Crippen molar-refractivity contribution in [2.45, 2.75) is 30.6 Å². The summed E-state index contributed by atoms with van der Waals surface area (Å²) < 4.78 is 40.9. The smallest absolute Gasteiger partial charge is 0.355 e. The zero-order chi connectivity index (χ0) is 25.0. The number of thioether (sulfide) groups is 1. The van der Waals surface area contributed by atoms with Crippen molar-refractivity contribution < 1.29 is 22.8 Å². The number of amides is 2. The molecule has 1 aliphatic heterocycles. The van der Waals surface area contributed by atoms with Crippen molar-refractivity contribution in [1.29, 1.82) is 0 Å². The molecule has 0 unspecified atom stereocenters. The van der Waals surface area contributed by atoms with Gasteiger partial charge in [-0.3, -0.25) is 19.0 Å². The van der Waals surface area contributed by atoms with Crippen LogP contribution >= 0.6 is 11.8 Å². The summed E-state index contributed by atoms with van der Waals surface area (Å²) in [6.45, 7) is 1.70. The molecule has 1 aromatic heterocycles. The van der Waals surface area contributed by atoms with Crippen molar-refractivity contribution in [3.05, 3.63) is 64.4 Å². The fraction of sp³-hybridized carbons (Fsp3) is 0.333. The summed E-state index contributed by atoms with van der Waals surface area (Å²) in [6, 6.07) is 11.0. The monoisotopic (exact) mass is 504 g/mol. The minimum absolute atomic E-state index is 0.0151. The molecule has 1 N–H and O–H groups in total. The first-order valence-corrected chi connectivity index (χ1v) is 12.1. The number of likely N-dealkylation sites (tertiary alicyclic amines) is 1. The van der Waals surface area contributed by atoms with Gasteiger partial charge in [-0.2, -0.15) is 13.2 Å². The molecule has 0 bridgehead atoms. The summed E-state index contributed by atoms with van der Waals surface area (Å²) in [5.74, 6) is -0.255. The minimum atomic E-state index is -4.57. The SMILES string of the molecule is O=C(CSc1nc2ccccc2c(=O)n1-c1cccc(C(F)(F)F)c1)NCCCN1CCCC1=O. The first-order chi connectivity index (χ1) is 16.7. The average Bonchev–Trinajstić information content (AvgIpc) is 3.24. The fourth-order valence-corrected chi connectivity index (χ4v) is 4.72. The van der Waals surface area contributed by atoms with E-state index in [1.165, 1.54) is 12.1 Å². The van der Waals surface area contributed by atoms with E-state index < -0.39 is 17.3 Å². The number of halogens is 3. The van der Waals surface area contributed by atoms with E-state index in [0.29, 0.717) is 31.4 Å². The lowest BCUT2D eigenvalue weighted by atomic mass is 10.2. The lowest BCUT2D eigenvalue weighted by Crippen LogP contribution is -2.31. The van der Waals surface area contributed by atoms with Crippen LogP contribution in [0, 0.1) is 0 Å². The van der Waals surface area contributed by atoms with Crippen LogP contribution in [0.4, 0.5) is 13.2 Å². The minimum Gasteiger partial charge on any atom is -0.355 e. The van der Waals surface area contributed by atoms with Gasteiger partial charge in [0.1, 0.15) is 0 Å². The van der Waals surface area contributed by atoms with E-state index in [1.807, 2.05) is 0 Å². The Labute approximate surface area is 203 Å². The van der Waals surface area contributed by atoms with Crippen LogP contribution in [-0.2, 0) is 15.8 Å². The number of nitrogens with zero attached hydrogens (tertiary/aromatic N) is 3. The molecule has 2 amide bonds. The summed E-state index contributed by atoms with van der Waals surface area (Å²) >= 11 is 0.970. The van der Waals surface area contributed by atoms with Gasteiger partial charge in [0.2, 0.25) is 11.8 Å². The van der Waals surface area contributed by atoms with Gasteiger partial charge in [0.15, 0.2) is 5.16 Å². The van der Waals surface area contributed by atoms with Gasteiger partial charge in [-0.1, -0.05) is 30.0 Å². The lowest BCUT2D eigenvalue weighted by molar-refractivity contribution is -0.137. The predicted molar refractivity (Wildman–Crippen MR) is 127 cm³/mol. The summed E-state index contributed by atoms with van der Waals surface area (Å²) in [4.78, 5) is 43.5. The van der Waals surface area contributed by atoms with Crippen molar-refractivity contribution in [3.8, 4) is 5.69 Å². The molecule has 2 aromatic carbocycles. The van der Waals surface area contributed by atoms with Crippen molar-refractivity contribution in [2.75, 3.05) is 25.4 Å². The second kappa shape index (κ2) is 10.5. The molecular weight excluding hydrogens is 481 g/mol. The molecule has 7 nitrogen and oxygen atoms in total. The summed E-state index contributed by atoms with van der Waals surface area (Å²) in [7, 11) is 0. The second-order valence-corrected chi connectivity index (χ2v) is 9.02. The van der Waals surface area contributed by atoms with E-state index in [2.05, 4.69) is 10.3 Å². The number of para-hydroxylation sites is 1. The Morgan fingerprint density at radius 3 is 2.66 bits per heavy atom. The Balaban J connectivity index is 1.51. The zero-order valence-electron chi connectivity index (χ0n) is 18.7. The number of carbonyl (C=O) groups excluding carboxylic acids is 2. The van der Waals surface area contributed by atoms with Crippen molar-refractivity contribution >= 4 is 34.5 Å². The molecule has 4 rings (SSSR count). The Kier molecular flexibility index (Phi) is 7.44. The second-order valence-electron chi connectivity index (χ2n) is 8.08. The molecule has 35 heavy (non-hydrogen) atoms. The van der Waals surface area contributed by atoms with E-state index in [4.69, 9.17) is 0 Å². The van der Waals surface area contributed by atoms with Crippen LogP contribution in [0.5, 0.6) is 0 Å². The highest BCUT2D eigenvalue weighted by Gasteiger charge is 2.31. The quantitative estimate of drug-likeness (QED) is 0.288. The molecule has 184 valence electrons. The summed E-state index contributed by atoms with van der Waals surface area (Å²) in [5, 5.41) is 3.15. The Morgan fingerprint density at radius 2 is 1.91 bits per heavy atom. The number of benzene rings is 2. The largest absolute Gasteiger partial charge is 0.416 e. The van der Waals surface area contributed by atoms with Crippen LogP contribution in [0.3, 0.4) is 0 Å². The van der Waals surface area contributed by atoms with Crippen molar-refractivity contribution in [2.24, 2.45) is 0 Å². The van der Waals surface area contributed by atoms with Crippen LogP contribution in [0.25, 0.3) is 16.6 Å². The van der Waals surface area contributed by atoms with E-state index in [0.717, 1.165) is 41.4 Å². The van der Waals surface area contributed by atoms with Gasteiger partial charge in [0.25, 0.3) is 5.56 Å². The molecule has 2 heterocycles. The number of alkyl halides is 3. The van der Waals surface area contributed by atoms with E-state index >= 15 is 0 Å². The van der Waals surface area contributed by atoms with Crippen molar-refractivity contribution in [3.63, 3.8) is 0 Å². The molecule has 0 atom stereocenters. The highest BCUT2D eigenvalue weighted by molar-refractivity contribution is 7.99. The van der Waals surface area contributed by atoms with Gasteiger partial charge in [-0.15, -0.1) is 0 Å². The molecule has 3 aromatic rings. The number of nitrogens with one attached hydrogen (secondary N) is 1. The van der Waals surface area contributed by atoms with E-state index in [1.54, 1.807) is 29.2 Å². The number of hydrogen-bond donors (Lipinski definition) is 1. The third-order valence-corrected chi connectivity index (χ3v) is 6.55. The third kappa shape index (κ3) is 5.84. The van der Waals surface area contributed by atoms with Crippen LogP contribution in [0.1, 0.15) is 24.8 Å². The Bertz CT molecular complexity index is 1310. The summed E-state index contributed by atoms with van der Waals surface area (Å²) in [5.41, 5.74) is -1.01. The highest BCUT2D eigenvalue weighted by atomic mass is 32.2. The number of carbonyl (C=O) groups is 2. The van der Waals surface area contributed by atoms with Crippen LogP contribution in [0.2, 0.25) is 0 Å². The lowest BCUT2D eigenvalue weighted by Gasteiger charge is -2.16. The molecule has 0 aliphatic carbocycles. The molecular formula is C24H23F3N4O3S. The predicted octanol–water partition coefficient (Wildman–Crippen LogP) is 3.63. The normalized spacial score (nSPS) is 14.0. The van der Waals surface area contributed by atoms with Crippen LogP contribution in [-0.4, -0.2) is 51.7 Å². The zero-order valence-corrected chi connectivity index (χ0v) is 19.5. The highest BCUT2D eigenvalue weighted by Crippen LogP contribution is 2.31. The number of hydrogen-bond acceptors (Lipinski definition) is 5. The van der Waals surface area contributed by atoms with E-state index in [-0.39, 0.29) is 33.8 Å².